The molecule has 0 spiro atoms. The summed E-state index contributed by atoms with van der Waals surface area (Å²) in [7, 11) is 2.02. The van der Waals surface area contributed by atoms with Gasteiger partial charge in [0.1, 0.15) is 5.75 Å². The lowest BCUT2D eigenvalue weighted by Crippen LogP contribution is -2.49. The summed E-state index contributed by atoms with van der Waals surface area (Å²) in [6.07, 6.45) is -2.35. The van der Waals surface area contributed by atoms with Gasteiger partial charge in [0.05, 0.1) is 6.04 Å². The maximum Gasteiger partial charge on any atom is 0.422 e. The lowest BCUT2D eigenvalue weighted by molar-refractivity contribution is -0.153. The number of nitrogens with zero attached hydrogens (tertiary/aromatic N) is 1. The molecule has 1 fully saturated rings. The molecule has 1 aromatic rings. The third kappa shape index (κ3) is 6.81. The van der Waals surface area contributed by atoms with Crippen LogP contribution < -0.4 is 15.4 Å². The topological polar surface area (TPSA) is 53.6 Å². The van der Waals surface area contributed by atoms with Gasteiger partial charge >= 0.3 is 12.2 Å². The molecule has 2 rings (SSSR count). The zero-order chi connectivity index (χ0) is 18.4. The van der Waals surface area contributed by atoms with Crippen LogP contribution in [0.5, 0.6) is 5.75 Å². The number of likely N-dealkylation sites (tertiary alicyclic amines) is 1. The van der Waals surface area contributed by atoms with Crippen LogP contribution in [0.3, 0.4) is 0 Å². The molecule has 2 N–H and O–H groups in total. The molecule has 8 heteroatoms. The molecule has 0 radical (unpaired) electrons. The summed E-state index contributed by atoms with van der Waals surface area (Å²) in [5, 5.41) is 5.80. The Kier molecular flexibility index (Phi) is 6.52. The molecule has 5 nitrogen and oxygen atoms in total. The summed E-state index contributed by atoms with van der Waals surface area (Å²) in [6.45, 7) is 2.36. The Balaban J connectivity index is 1.81. The Labute approximate surface area is 145 Å². The number of ether oxygens (including phenoxy) is 1. The number of piperidine rings is 1. The van der Waals surface area contributed by atoms with Crippen LogP contribution >= 0.6 is 0 Å². The number of rotatable bonds is 5. The number of nitrogens with one attached hydrogen (secondary N) is 2. The Bertz CT molecular complexity index is 563. The number of carbonyl (C=O) groups is 1. The van der Waals surface area contributed by atoms with Crippen LogP contribution in [-0.4, -0.2) is 49.9 Å². The van der Waals surface area contributed by atoms with Gasteiger partial charge in [0, 0.05) is 12.6 Å². The first-order chi connectivity index (χ1) is 11.7. The standard InChI is InChI=1S/C17H24F3N3O2/c1-12(21-16(24)22-14-4-3-9-23(2)10-14)13-5-7-15(8-6-13)25-11-17(18,19)20/h5-8,12,14H,3-4,9-11H2,1-2H3,(H2,21,22,24). The molecule has 2 unspecified atom stereocenters. The van der Waals surface area contributed by atoms with Gasteiger partial charge in [-0.05, 0) is 51.1 Å². The van der Waals surface area contributed by atoms with Crippen molar-refractivity contribution >= 4 is 6.03 Å². The van der Waals surface area contributed by atoms with Crippen molar-refractivity contribution in [3.63, 3.8) is 0 Å². The molecule has 0 aromatic heterocycles. The minimum atomic E-state index is -4.36. The van der Waals surface area contributed by atoms with Gasteiger partial charge in [0.2, 0.25) is 0 Å². The highest BCUT2D eigenvalue weighted by Gasteiger charge is 2.28. The predicted octanol–water partition coefficient (Wildman–Crippen LogP) is 3.08. The van der Waals surface area contributed by atoms with Crippen molar-refractivity contribution in [3.8, 4) is 5.75 Å². The van der Waals surface area contributed by atoms with Gasteiger partial charge in [-0.25, -0.2) is 4.79 Å². The van der Waals surface area contributed by atoms with E-state index < -0.39 is 12.8 Å². The molecule has 1 saturated heterocycles. The molecule has 1 aromatic carbocycles. The fourth-order valence-electron chi connectivity index (χ4n) is 2.81. The largest absolute Gasteiger partial charge is 0.484 e. The number of halogens is 3. The first-order valence-electron chi connectivity index (χ1n) is 8.28. The number of likely N-dealkylation sites (N-methyl/N-ethyl adjacent to an activating group) is 1. The number of benzene rings is 1. The molecule has 2 atom stereocenters. The number of amides is 2. The monoisotopic (exact) mass is 359 g/mol. The first kappa shape index (κ1) is 19.4. The Hall–Kier alpha value is -1.96. The summed E-state index contributed by atoms with van der Waals surface area (Å²) in [5.74, 6) is 0.142. The van der Waals surface area contributed by atoms with E-state index in [-0.39, 0.29) is 23.9 Å². The Morgan fingerprint density at radius 3 is 2.64 bits per heavy atom. The summed E-state index contributed by atoms with van der Waals surface area (Å²) in [4.78, 5) is 14.3. The van der Waals surface area contributed by atoms with E-state index in [0.717, 1.165) is 31.5 Å². The second-order valence-corrected chi connectivity index (χ2v) is 6.41. The van der Waals surface area contributed by atoms with E-state index in [1.807, 2.05) is 14.0 Å². The van der Waals surface area contributed by atoms with Crippen molar-refractivity contribution in [3.05, 3.63) is 29.8 Å². The summed E-state index contributed by atoms with van der Waals surface area (Å²) < 4.78 is 41.0. The van der Waals surface area contributed by atoms with Crippen LogP contribution in [0.25, 0.3) is 0 Å². The molecule has 0 bridgehead atoms. The van der Waals surface area contributed by atoms with E-state index >= 15 is 0 Å². The number of hydrogen-bond donors (Lipinski definition) is 2. The SMILES string of the molecule is CC(NC(=O)NC1CCCN(C)C1)c1ccc(OCC(F)(F)F)cc1. The van der Waals surface area contributed by atoms with Gasteiger partial charge in [0.15, 0.2) is 6.61 Å². The third-order valence-electron chi connectivity index (χ3n) is 4.09. The van der Waals surface area contributed by atoms with Crippen LogP contribution in [0.15, 0.2) is 24.3 Å². The first-order valence-corrected chi connectivity index (χ1v) is 8.28. The third-order valence-corrected chi connectivity index (χ3v) is 4.09. The summed E-state index contributed by atoms with van der Waals surface area (Å²) >= 11 is 0. The van der Waals surface area contributed by atoms with E-state index in [2.05, 4.69) is 20.3 Å². The highest BCUT2D eigenvalue weighted by atomic mass is 19.4. The summed E-state index contributed by atoms with van der Waals surface area (Å²) in [5.41, 5.74) is 0.787. The van der Waals surface area contributed by atoms with Crippen LogP contribution in [0.4, 0.5) is 18.0 Å². The Morgan fingerprint density at radius 1 is 1.36 bits per heavy atom. The van der Waals surface area contributed by atoms with Crippen LogP contribution in [0, 0.1) is 0 Å². The molecule has 140 valence electrons. The predicted molar refractivity (Wildman–Crippen MR) is 88.6 cm³/mol. The fraction of sp³-hybridized carbons (Fsp3) is 0.588. The molecule has 0 aliphatic carbocycles. The molecule has 1 heterocycles. The molecule has 1 aliphatic rings. The second kappa shape index (κ2) is 8.42. The second-order valence-electron chi connectivity index (χ2n) is 6.41. The molecule has 0 saturated carbocycles. The lowest BCUT2D eigenvalue weighted by Gasteiger charge is -2.30. The molecule has 1 aliphatic heterocycles. The van der Waals surface area contributed by atoms with Crippen molar-refractivity contribution in [2.45, 2.75) is 38.0 Å². The van der Waals surface area contributed by atoms with Gasteiger partial charge in [-0.1, -0.05) is 12.1 Å². The molecule has 25 heavy (non-hydrogen) atoms. The minimum Gasteiger partial charge on any atom is -0.484 e. The highest BCUT2D eigenvalue weighted by molar-refractivity contribution is 5.74. The molecular formula is C17H24F3N3O2. The number of carbonyl (C=O) groups excluding carboxylic acids is 1. The van der Waals surface area contributed by atoms with Crippen molar-refractivity contribution in [2.75, 3.05) is 26.7 Å². The van der Waals surface area contributed by atoms with Gasteiger partial charge in [-0.2, -0.15) is 13.2 Å². The van der Waals surface area contributed by atoms with E-state index in [1.165, 1.54) is 12.1 Å². The average molecular weight is 359 g/mol. The summed E-state index contributed by atoms with van der Waals surface area (Å²) in [6, 6.07) is 5.84. The minimum absolute atomic E-state index is 0.129. The average Bonchev–Trinajstić information content (AvgIpc) is 2.52. The number of hydrogen-bond acceptors (Lipinski definition) is 3. The van der Waals surface area contributed by atoms with Gasteiger partial charge in [0.25, 0.3) is 0 Å². The van der Waals surface area contributed by atoms with Gasteiger partial charge < -0.3 is 20.3 Å². The van der Waals surface area contributed by atoms with Crippen molar-refractivity contribution in [1.82, 2.24) is 15.5 Å². The van der Waals surface area contributed by atoms with E-state index in [0.29, 0.717) is 0 Å². The Morgan fingerprint density at radius 2 is 2.04 bits per heavy atom. The number of urea groups is 1. The quantitative estimate of drug-likeness (QED) is 0.850. The molecular weight excluding hydrogens is 335 g/mol. The fourth-order valence-corrected chi connectivity index (χ4v) is 2.81. The van der Waals surface area contributed by atoms with Crippen LogP contribution in [-0.2, 0) is 0 Å². The van der Waals surface area contributed by atoms with Crippen molar-refractivity contribution < 1.29 is 22.7 Å². The van der Waals surface area contributed by atoms with Gasteiger partial charge in [-0.3, -0.25) is 0 Å². The normalized spacial score (nSPS) is 20.0. The number of alkyl halides is 3. The maximum atomic E-state index is 12.1. The van der Waals surface area contributed by atoms with Crippen LogP contribution in [0.2, 0.25) is 0 Å². The van der Waals surface area contributed by atoms with Crippen molar-refractivity contribution in [1.29, 1.82) is 0 Å². The van der Waals surface area contributed by atoms with E-state index in [4.69, 9.17) is 0 Å². The van der Waals surface area contributed by atoms with Crippen molar-refractivity contribution in [2.24, 2.45) is 0 Å². The van der Waals surface area contributed by atoms with E-state index in [1.54, 1.807) is 12.1 Å². The smallest absolute Gasteiger partial charge is 0.422 e. The highest BCUT2D eigenvalue weighted by Crippen LogP contribution is 2.21. The van der Waals surface area contributed by atoms with E-state index in [9.17, 15) is 18.0 Å². The zero-order valence-corrected chi connectivity index (χ0v) is 14.4. The lowest BCUT2D eigenvalue weighted by atomic mass is 10.1. The molecule has 2 amide bonds. The van der Waals surface area contributed by atoms with Gasteiger partial charge in [-0.15, -0.1) is 0 Å². The maximum absolute atomic E-state index is 12.1. The zero-order valence-electron chi connectivity index (χ0n) is 14.4. The van der Waals surface area contributed by atoms with Crippen LogP contribution in [0.1, 0.15) is 31.4 Å².